The van der Waals surface area contributed by atoms with Gasteiger partial charge in [-0.25, -0.2) is 8.42 Å². The minimum atomic E-state index is -3.68. The second-order valence-corrected chi connectivity index (χ2v) is 8.44. The van der Waals surface area contributed by atoms with Gasteiger partial charge in [-0.3, -0.25) is 9.10 Å². The van der Waals surface area contributed by atoms with Gasteiger partial charge in [-0.2, -0.15) is 0 Å². The molecule has 2 heterocycles. The van der Waals surface area contributed by atoms with E-state index in [2.05, 4.69) is 5.32 Å². The number of halogens is 1. The maximum Gasteiger partial charge on any atom is 0.265 e. The van der Waals surface area contributed by atoms with Crippen molar-refractivity contribution in [1.82, 2.24) is 10.2 Å². The molecular formula is C18H22ClN3O3S. The van der Waals surface area contributed by atoms with Crippen molar-refractivity contribution in [3.63, 3.8) is 0 Å². The van der Waals surface area contributed by atoms with E-state index in [0.717, 1.165) is 18.2 Å². The third-order valence-electron chi connectivity index (χ3n) is 5.14. The highest BCUT2D eigenvalue weighted by atomic mass is 35.5. The molecule has 0 bridgehead atoms. The minimum Gasteiger partial charge on any atom is -0.340 e. The molecule has 1 atom stereocenters. The highest BCUT2D eigenvalue weighted by Gasteiger charge is 2.37. The molecule has 0 radical (unpaired) electrons. The lowest BCUT2D eigenvalue weighted by Crippen LogP contribution is -2.50. The lowest BCUT2D eigenvalue weighted by Gasteiger charge is -2.33. The summed E-state index contributed by atoms with van der Waals surface area (Å²) >= 11 is 0. The molecule has 8 heteroatoms. The Kier molecular flexibility index (Phi) is 5.14. The number of rotatable bonds is 3. The van der Waals surface area contributed by atoms with Crippen molar-refractivity contribution in [3.05, 3.63) is 36.4 Å². The van der Waals surface area contributed by atoms with Gasteiger partial charge in [-0.1, -0.05) is 24.3 Å². The van der Waals surface area contributed by atoms with E-state index in [-0.39, 0.29) is 30.9 Å². The molecule has 4 rings (SSSR count). The summed E-state index contributed by atoms with van der Waals surface area (Å²) in [5.41, 5.74) is 0.601. The Bertz CT molecular complexity index is 943. The zero-order chi connectivity index (χ0) is 17.6. The lowest BCUT2D eigenvalue weighted by molar-refractivity contribution is -0.130. The van der Waals surface area contributed by atoms with E-state index in [1.165, 1.54) is 4.31 Å². The Morgan fingerprint density at radius 3 is 2.69 bits per heavy atom. The van der Waals surface area contributed by atoms with Crippen LogP contribution in [0.15, 0.2) is 41.3 Å². The molecule has 2 aromatic rings. The fourth-order valence-corrected chi connectivity index (χ4v) is 5.45. The van der Waals surface area contributed by atoms with Gasteiger partial charge in [0.25, 0.3) is 10.0 Å². The molecule has 0 aromatic heterocycles. The summed E-state index contributed by atoms with van der Waals surface area (Å²) in [6.07, 6.45) is 1.97. The van der Waals surface area contributed by atoms with Gasteiger partial charge in [0.1, 0.15) is 6.54 Å². The number of likely N-dealkylation sites (N-methyl/N-ethyl adjacent to an activating group) is 1. The number of likely N-dealkylation sites (tertiary alicyclic amines) is 1. The van der Waals surface area contributed by atoms with Gasteiger partial charge in [0.05, 0.1) is 10.6 Å². The number of hydrogen-bond acceptors (Lipinski definition) is 4. The maximum absolute atomic E-state index is 12.9. The number of nitrogens with one attached hydrogen (secondary N) is 1. The Morgan fingerprint density at radius 2 is 1.96 bits per heavy atom. The quantitative estimate of drug-likeness (QED) is 0.862. The predicted molar refractivity (Wildman–Crippen MR) is 104 cm³/mol. The minimum absolute atomic E-state index is 0. The number of anilines is 1. The third kappa shape index (κ3) is 2.94. The van der Waals surface area contributed by atoms with Crippen molar-refractivity contribution in [2.24, 2.45) is 0 Å². The van der Waals surface area contributed by atoms with Gasteiger partial charge in [-0.15, -0.1) is 12.4 Å². The zero-order valence-corrected chi connectivity index (χ0v) is 16.1. The van der Waals surface area contributed by atoms with Crippen LogP contribution in [0.25, 0.3) is 10.8 Å². The highest BCUT2D eigenvalue weighted by molar-refractivity contribution is 7.93. The fourth-order valence-electron chi connectivity index (χ4n) is 3.79. The summed E-state index contributed by atoms with van der Waals surface area (Å²) in [7, 11) is -1.79. The fraction of sp³-hybridized carbons (Fsp3) is 0.389. The number of carbonyl (C=O) groups excluding carboxylic acids is 1. The van der Waals surface area contributed by atoms with Gasteiger partial charge in [0.2, 0.25) is 5.91 Å². The summed E-state index contributed by atoms with van der Waals surface area (Å²) in [4.78, 5) is 14.8. The van der Waals surface area contributed by atoms with Gasteiger partial charge in [-0.05, 0) is 37.4 Å². The Morgan fingerprint density at radius 1 is 1.23 bits per heavy atom. The number of nitrogens with zero attached hydrogens (tertiary/aromatic N) is 2. The normalized spacial score (nSPS) is 20.9. The molecule has 2 aliphatic heterocycles. The van der Waals surface area contributed by atoms with E-state index in [0.29, 0.717) is 29.1 Å². The average molecular weight is 396 g/mol. The monoisotopic (exact) mass is 395 g/mol. The van der Waals surface area contributed by atoms with Crippen LogP contribution in [0, 0.1) is 0 Å². The first-order valence-electron chi connectivity index (χ1n) is 8.52. The second-order valence-electron chi connectivity index (χ2n) is 6.61. The molecular weight excluding hydrogens is 374 g/mol. The standard InChI is InChI=1S/C18H21N3O3S.ClH/c1-19-14-7-4-10-20(11-14)17(22)12-21-15-8-2-5-13-6-3-9-16(18(13)15)25(21,23)24;/h2-3,5-6,8-9,14,19H,4,7,10-12H2,1H3;1H. The molecule has 1 fully saturated rings. The number of amides is 1. The molecule has 6 nitrogen and oxygen atoms in total. The molecule has 26 heavy (non-hydrogen) atoms. The molecule has 2 aromatic carbocycles. The van der Waals surface area contributed by atoms with Crippen LogP contribution < -0.4 is 9.62 Å². The van der Waals surface area contributed by atoms with Gasteiger partial charge in [0.15, 0.2) is 0 Å². The maximum atomic E-state index is 12.9. The molecule has 0 spiro atoms. The van der Waals surface area contributed by atoms with Crippen LogP contribution in [0.4, 0.5) is 5.69 Å². The van der Waals surface area contributed by atoms with Crippen LogP contribution in [0.3, 0.4) is 0 Å². The lowest BCUT2D eigenvalue weighted by atomic mass is 10.1. The van der Waals surface area contributed by atoms with Crippen LogP contribution >= 0.6 is 12.4 Å². The molecule has 1 amide bonds. The van der Waals surface area contributed by atoms with Crippen LogP contribution in [0.2, 0.25) is 0 Å². The molecule has 2 aliphatic rings. The molecule has 140 valence electrons. The van der Waals surface area contributed by atoms with E-state index < -0.39 is 10.0 Å². The van der Waals surface area contributed by atoms with Crippen molar-refractivity contribution >= 4 is 44.8 Å². The van der Waals surface area contributed by atoms with E-state index in [4.69, 9.17) is 0 Å². The van der Waals surface area contributed by atoms with Crippen molar-refractivity contribution in [2.45, 2.75) is 23.8 Å². The Hall–Kier alpha value is -1.83. The first-order chi connectivity index (χ1) is 12.0. The van der Waals surface area contributed by atoms with Crippen molar-refractivity contribution in [2.75, 3.05) is 31.0 Å². The largest absolute Gasteiger partial charge is 0.340 e. The average Bonchev–Trinajstić information content (AvgIpc) is 2.85. The summed E-state index contributed by atoms with van der Waals surface area (Å²) in [5.74, 6) is -0.145. The van der Waals surface area contributed by atoms with E-state index in [1.54, 1.807) is 23.1 Å². The third-order valence-corrected chi connectivity index (χ3v) is 6.94. The number of hydrogen-bond donors (Lipinski definition) is 1. The van der Waals surface area contributed by atoms with Crippen molar-refractivity contribution < 1.29 is 13.2 Å². The van der Waals surface area contributed by atoms with Gasteiger partial charge < -0.3 is 10.2 Å². The summed E-state index contributed by atoms with van der Waals surface area (Å²) in [6, 6.07) is 11.0. The highest BCUT2D eigenvalue weighted by Crippen LogP contribution is 2.41. The number of sulfonamides is 1. The Labute approximate surface area is 159 Å². The van der Waals surface area contributed by atoms with Gasteiger partial charge >= 0.3 is 0 Å². The predicted octanol–water partition coefficient (Wildman–Crippen LogP) is 1.98. The summed E-state index contributed by atoms with van der Waals surface area (Å²) < 4.78 is 27.2. The first-order valence-corrected chi connectivity index (χ1v) is 9.96. The summed E-state index contributed by atoms with van der Waals surface area (Å²) in [6.45, 7) is 1.16. The van der Waals surface area contributed by atoms with Gasteiger partial charge in [0, 0.05) is 24.5 Å². The number of carbonyl (C=O) groups is 1. The zero-order valence-electron chi connectivity index (χ0n) is 14.5. The topological polar surface area (TPSA) is 69.7 Å². The van der Waals surface area contributed by atoms with E-state index in [9.17, 15) is 13.2 Å². The SMILES string of the molecule is CNC1CCCN(C(=O)CN2c3cccc4cccc(c34)S2(=O)=O)C1.Cl. The van der Waals surface area contributed by atoms with Crippen LogP contribution in [0.1, 0.15) is 12.8 Å². The molecule has 1 N–H and O–H groups in total. The molecule has 0 saturated carbocycles. The molecule has 1 saturated heterocycles. The Balaban J connectivity index is 0.00000196. The molecule has 1 unspecified atom stereocenters. The number of benzene rings is 2. The van der Waals surface area contributed by atoms with Crippen LogP contribution in [0.5, 0.6) is 0 Å². The second kappa shape index (κ2) is 7.06. The van der Waals surface area contributed by atoms with E-state index in [1.807, 2.05) is 25.2 Å². The molecule has 0 aliphatic carbocycles. The smallest absolute Gasteiger partial charge is 0.265 e. The van der Waals surface area contributed by atoms with Crippen LogP contribution in [-0.4, -0.2) is 51.9 Å². The number of piperidine rings is 1. The van der Waals surface area contributed by atoms with Crippen molar-refractivity contribution in [3.8, 4) is 0 Å². The summed E-state index contributed by atoms with van der Waals surface area (Å²) in [5, 5.41) is 4.79. The van der Waals surface area contributed by atoms with Crippen LogP contribution in [-0.2, 0) is 14.8 Å². The van der Waals surface area contributed by atoms with E-state index >= 15 is 0 Å². The van der Waals surface area contributed by atoms with Crippen molar-refractivity contribution in [1.29, 1.82) is 0 Å². The first kappa shape index (κ1) is 18.9.